The molecule has 1 aliphatic carbocycles. The quantitative estimate of drug-likeness (QED) is 0.582. The maximum absolute atomic E-state index is 8.91. The van der Waals surface area contributed by atoms with Gasteiger partial charge in [-0.05, 0) is 25.8 Å². The summed E-state index contributed by atoms with van der Waals surface area (Å²) < 4.78 is 0. The Balaban J connectivity index is 2.28. The van der Waals surface area contributed by atoms with E-state index in [1.165, 1.54) is 6.42 Å². The van der Waals surface area contributed by atoms with Crippen molar-refractivity contribution in [2.75, 3.05) is 13.2 Å². The zero-order valence-corrected chi connectivity index (χ0v) is 5.98. The van der Waals surface area contributed by atoms with Gasteiger partial charge in [-0.1, -0.05) is 6.92 Å². The normalized spacial score (nSPS) is 23.3. The molecule has 0 spiro atoms. The summed E-state index contributed by atoms with van der Waals surface area (Å²) >= 11 is 0. The zero-order valence-electron chi connectivity index (χ0n) is 5.98. The highest BCUT2D eigenvalue weighted by atomic mass is 16.3. The molecule has 0 atom stereocenters. The van der Waals surface area contributed by atoms with Crippen LogP contribution in [0.2, 0.25) is 0 Å². The second-order valence-electron chi connectivity index (χ2n) is 2.82. The van der Waals surface area contributed by atoms with E-state index in [0.29, 0.717) is 6.61 Å². The van der Waals surface area contributed by atoms with Crippen molar-refractivity contribution in [1.29, 1.82) is 0 Å². The molecule has 0 heterocycles. The fourth-order valence-corrected chi connectivity index (χ4v) is 1.37. The van der Waals surface area contributed by atoms with Crippen LogP contribution in [0.5, 0.6) is 0 Å². The Morgan fingerprint density at radius 1 is 1.56 bits per heavy atom. The van der Waals surface area contributed by atoms with Crippen LogP contribution in [0, 0.1) is 0 Å². The third-order valence-electron chi connectivity index (χ3n) is 2.17. The number of aliphatic hydroxyl groups excluding tert-OH is 1. The lowest BCUT2D eigenvalue weighted by Gasteiger charge is -2.40. The van der Waals surface area contributed by atoms with Gasteiger partial charge in [-0.25, -0.2) is 0 Å². The largest absolute Gasteiger partial charge is 0.394 e. The van der Waals surface area contributed by atoms with E-state index in [-0.39, 0.29) is 5.54 Å². The molecule has 0 aromatic heterocycles. The van der Waals surface area contributed by atoms with Gasteiger partial charge in [-0.2, -0.15) is 0 Å². The molecule has 0 radical (unpaired) electrons. The Morgan fingerprint density at radius 2 is 2.22 bits per heavy atom. The molecule has 2 heteroatoms. The third-order valence-corrected chi connectivity index (χ3v) is 2.17. The predicted molar refractivity (Wildman–Crippen MR) is 37.3 cm³/mol. The predicted octanol–water partition coefficient (Wildman–Crippen LogP) is 0.511. The van der Waals surface area contributed by atoms with Crippen LogP contribution < -0.4 is 5.32 Å². The molecule has 1 rings (SSSR count). The van der Waals surface area contributed by atoms with Crippen LogP contribution in [-0.4, -0.2) is 23.8 Å². The highest BCUT2D eigenvalue weighted by Crippen LogP contribution is 2.30. The fraction of sp³-hybridized carbons (Fsp3) is 1.00. The van der Waals surface area contributed by atoms with Gasteiger partial charge in [0, 0.05) is 5.54 Å². The van der Waals surface area contributed by atoms with Gasteiger partial charge in [-0.3, -0.25) is 0 Å². The van der Waals surface area contributed by atoms with Crippen molar-refractivity contribution in [3.05, 3.63) is 0 Å². The first-order chi connectivity index (χ1) is 4.33. The number of hydrogen-bond acceptors (Lipinski definition) is 2. The minimum atomic E-state index is 0.120. The first kappa shape index (κ1) is 7.03. The smallest absolute Gasteiger partial charge is 0.0613 e. The average molecular weight is 129 g/mol. The zero-order chi connectivity index (χ0) is 6.74. The summed E-state index contributed by atoms with van der Waals surface area (Å²) in [6, 6.07) is 0. The molecule has 2 N–H and O–H groups in total. The van der Waals surface area contributed by atoms with Crippen LogP contribution in [0.4, 0.5) is 0 Å². The summed E-state index contributed by atoms with van der Waals surface area (Å²) in [7, 11) is 0. The van der Waals surface area contributed by atoms with Crippen LogP contribution in [-0.2, 0) is 0 Å². The van der Waals surface area contributed by atoms with Gasteiger partial charge in [0.25, 0.3) is 0 Å². The molecule has 1 fully saturated rings. The Morgan fingerprint density at radius 3 is 2.33 bits per heavy atom. The number of aliphatic hydroxyl groups is 1. The topological polar surface area (TPSA) is 32.3 Å². The minimum absolute atomic E-state index is 0.120. The number of hydrogen-bond donors (Lipinski definition) is 2. The number of likely N-dealkylation sites (N-methyl/N-ethyl adjacent to an activating group) is 1. The Bertz CT molecular complexity index is 83.4. The van der Waals surface area contributed by atoms with E-state index in [1.54, 1.807) is 0 Å². The van der Waals surface area contributed by atoms with Crippen LogP contribution in [0.15, 0.2) is 0 Å². The fourth-order valence-electron chi connectivity index (χ4n) is 1.37. The minimum Gasteiger partial charge on any atom is -0.394 e. The molecule has 0 unspecified atom stereocenters. The summed E-state index contributed by atoms with van der Waals surface area (Å²) in [4.78, 5) is 0. The van der Waals surface area contributed by atoms with E-state index < -0.39 is 0 Å². The van der Waals surface area contributed by atoms with Gasteiger partial charge in [0.05, 0.1) is 6.61 Å². The van der Waals surface area contributed by atoms with Crippen molar-refractivity contribution in [3.8, 4) is 0 Å². The van der Waals surface area contributed by atoms with Crippen LogP contribution in [0.3, 0.4) is 0 Å². The van der Waals surface area contributed by atoms with Gasteiger partial charge in [-0.15, -0.1) is 0 Å². The SMILES string of the molecule is CCNC1(CO)CCC1. The molecule has 0 saturated heterocycles. The standard InChI is InChI=1S/C7H15NO/c1-2-8-7(6-9)4-3-5-7/h8-9H,2-6H2,1H3. The molecule has 2 nitrogen and oxygen atoms in total. The van der Waals surface area contributed by atoms with E-state index in [4.69, 9.17) is 5.11 Å². The summed E-state index contributed by atoms with van der Waals surface area (Å²) in [6.45, 7) is 3.36. The van der Waals surface area contributed by atoms with Gasteiger partial charge in [0.1, 0.15) is 0 Å². The number of rotatable bonds is 3. The monoisotopic (exact) mass is 129 g/mol. The lowest BCUT2D eigenvalue weighted by molar-refractivity contribution is 0.0908. The molecule has 54 valence electrons. The highest BCUT2D eigenvalue weighted by Gasteiger charge is 2.34. The molecule has 1 aliphatic rings. The highest BCUT2D eigenvalue weighted by molar-refractivity contribution is 4.94. The van der Waals surface area contributed by atoms with Gasteiger partial charge < -0.3 is 10.4 Å². The molecule has 0 bridgehead atoms. The molecule has 0 aromatic rings. The summed E-state index contributed by atoms with van der Waals surface area (Å²) in [6.07, 6.45) is 3.57. The Kier molecular flexibility index (Phi) is 2.09. The van der Waals surface area contributed by atoms with Gasteiger partial charge >= 0.3 is 0 Å². The van der Waals surface area contributed by atoms with Gasteiger partial charge in [0.2, 0.25) is 0 Å². The van der Waals surface area contributed by atoms with Crippen LogP contribution >= 0.6 is 0 Å². The second kappa shape index (κ2) is 2.67. The molecular formula is C7H15NO. The molecule has 0 aromatic carbocycles. The molecule has 0 amide bonds. The summed E-state index contributed by atoms with van der Waals surface area (Å²) in [5.74, 6) is 0. The van der Waals surface area contributed by atoms with Crippen molar-refractivity contribution < 1.29 is 5.11 Å². The van der Waals surface area contributed by atoms with Crippen LogP contribution in [0.1, 0.15) is 26.2 Å². The summed E-state index contributed by atoms with van der Waals surface area (Å²) in [5.41, 5.74) is 0.120. The van der Waals surface area contributed by atoms with Crippen molar-refractivity contribution in [3.63, 3.8) is 0 Å². The maximum atomic E-state index is 8.91. The van der Waals surface area contributed by atoms with Crippen molar-refractivity contribution in [2.45, 2.75) is 31.7 Å². The first-order valence-electron chi connectivity index (χ1n) is 3.69. The van der Waals surface area contributed by atoms with Crippen molar-refractivity contribution in [2.24, 2.45) is 0 Å². The molecular weight excluding hydrogens is 114 g/mol. The Labute approximate surface area is 56.3 Å². The van der Waals surface area contributed by atoms with Crippen LogP contribution in [0.25, 0.3) is 0 Å². The summed E-state index contributed by atoms with van der Waals surface area (Å²) in [5, 5.41) is 12.2. The first-order valence-corrected chi connectivity index (χ1v) is 3.69. The Hall–Kier alpha value is -0.0800. The third kappa shape index (κ3) is 1.25. The van der Waals surface area contributed by atoms with Gasteiger partial charge in [0.15, 0.2) is 0 Å². The van der Waals surface area contributed by atoms with E-state index in [2.05, 4.69) is 12.2 Å². The van der Waals surface area contributed by atoms with E-state index in [0.717, 1.165) is 19.4 Å². The average Bonchev–Trinajstić information content (AvgIpc) is 1.79. The molecule has 1 saturated carbocycles. The molecule has 9 heavy (non-hydrogen) atoms. The van der Waals surface area contributed by atoms with Crippen molar-refractivity contribution in [1.82, 2.24) is 5.32 Å². The number of nitrogens with one attached hydrogen (secondary N) is 1. The van der Waals surface area contributed by atoms with E-state index in [9.17, 15) is 0 Å². The molecule has 0 aliphatic heterocycles. The van der Waals surface area contributed by atoms with Crippen molar-refractivity contribution >= 4 is 0 Å². The second-order valence-corrected chi connectivity index (χ2v) is 2.82. The lowest BCUT2D eigenvalue weighted by Crippen LogP contribution is -2.53. The van der Waals surface area contributed by atoms with E-state index in [1.807, 2.05) is 0 Å². The maximum Gasteiger partial charge on any atom is 0.0613 e. The van der Waals surface area contributed by atoms with E-state index >= 15 is 0 Å². The lowest BCUT2D eigenvalue weighted by atomic mass is 9.77.